The lowest BCUT2D eigenvalue weighted by molar-refractivity contribution is -0.157. The highest BCUT2D eigenvalue weighted by Crippen LogP contribution is 2.47. The molecule has 8 rings (SSSR count). The quantitative estimate of drug-likeness (QED) is 0.152. The van der Waals surface area contributed by atoms with Crippen LogP contribution < -0.4 is 5.32 Å². The van der Waals surface area contributed by atoms with Gasteiger partial charge in [-0.05, 0) is 193 Å². The molecule has 2 aliphatic heterocycles. The van der Waals surface area contributed by atoms with Crippen LogP contribution in [0.2, 0.25) is 0 Å². The minimum atomic E-state index is -0.695. The lowest BCUT2D eigenvalue weighted by atomic mass is 9.78. The van der Waals surface area contributed by atoms with Crippen LogP contribution in [-0.2, 0) is 51.0 Å². The summed E-state index contributed by atoms with van der Waals surface area (Å²) in [6.07, 6.45) is 10.8. The summed E-state index contributed by atoms with van der Waals surface area (Å²) in [5.41, 5.74) is 9.58. The highest BCUT2D eigenvalue weighted by Gasteiger charge is 2.47. The second kappa shape index (κ2) is 28.3. The Morgan fingerprint density at radius 2 is 1.06 bits per heavy atom. The molecule has 2 aromatic rings. The number of carboxylic acid groups (broad SMARTS) is 1. The summed E-state index contributed by atoms with van der Waals surface area (Å²) in [5.74, 6) is 0.248. The van der Waals surface area contributed by atoms with E-state index in [0.29, 0.717) is 56.0 Å². The van der Waals surface area contributed by atoms with Crippen molar-refractivity contribution in [3.05, 3.63) is 81.9 Å². The van der Waals surface area contributed by atoms with Crippen molar-refractivity contribution in [2.75, 3.05) is 41.4 Å². The number of ether oxygens (including phenoxy) is 4. The smallest absolute Gasteiger partial charge is 0.410 e. The number of carboxylic acids is 1. The van der Waals surface area contributed by atoms with Crippen LogP contribution in [0.25, 0.3) is 11.1 Å². The molecule has 4 unspecified atom stereocenters. The first-order valence-electron chi connectivity index (χ1n) is 29.1. The fourth-order valence-corrected chi connectivity index (χ4v) is 12.6. The molecule has 3 amide bonds. The van der Waals surface area contributed by atoms with Crippen LogP contribution in [-0.4, -0.2) is 133 Å². The fraction of sp³-hybridized carbons (Fsp3) is 0.662. The van der Waals surface area contributed by atoms with E-state index in [1.807, 2.05) is 46.4 Å². The molecule has 6 aliphatic rings. The van der Waals surface area contributed by atoms with Gasteiger partial charge in [0.25, 0.3) is 0 Å². The Hall–Kier alpha value is -5.70. The molecule has 0 aromatic heterocycles. The van der Waals surface area contributed by atoms with Crippen LogP contribution in [0.5, 0.6) is 0 Å². The molecule has 2 aromatic carbocycles. The van der Waals surface area contributed by atoms with Gasteiger partial charge in [-0.15, -0.1) is 0 Å². The highest BCUT2D eigenvalue weighted by atomic mass is 16.6. The van der Waals surface area contributed by atoms with E-state index in [4.69, 9.17) is 24.1 Å². The predicted molar refractivity (Wildman–Crippen MR) is 314 cm³/mol. The Labute approximate surface area is 478 Å². The summed E-state index contributed by atoms with van der Waals surface area (Å²) >= 11 is 0. The zero-order valence-electron chi connectivity index (χ0n) is 50.1. The lowest BCUT2D eigenvalue weighted by Gasteiger charge is -2.45. The Bertz CT molecular complexity index is 2540. The maximum atomic E-state index is 14.2. The number of carbonyl (C=O) groups excluding carboxylic acids is 5. The minimum absolute atomic E-state index is 0. The molecule has 4 aliphatic carbocycles. The molecule has 15 nitrogen and oxygen atoms in total. The predicted octanol–water partition coefficient (Wildman–Crippen LogP) is 12.2. The van der Waals surface area contributed by atoms with Crippen LogP contribution in [0.3, 0.4) is 0 Å². The van der Waals surface area contributed by atoms with Crippen LogP contribution in [0.1, 0.15) is 176 Å². The van der Waals surface area contributed by atoms with E-state index in [1.165, 1.54) is 58.8 Å². The van der Waals surface area contributed by atoms with Crippen molar-refractivity contribution in [1.29, 1.82) is 0 Å². The van der Waals surface area contributed by atoms with Crippen molar-refractivity contribution >= 4 is 47.1 Å². The van der Waals surface area contributed by atoms with E-state index in [0.717, 1.165) is 70.6 Å². The van der Waals surface area contributed by atoms with E-state index in [-0.39, 0.29) is 67.4 Å². The zero-order valence-corrected chi connectivity index (χ0v) is 50.1. The van der Waals surface area contributed by atoms with Crippen LogP contribution in [0.4, 0.5) is 9.59 Å². The van der Waals surface area contributed by atoms with Crippen molar-refractivity contribution in [3.8, 4) is 0 Å². The second-order valence-electron chi connectivity index (χ2n) is 25.9. The standard InChI is InChI=1S/C32H46N2O5.C18H23NO2.C14H25NO4.CH4/c1-20(2)16-27-26-17-23-10-8-9-11-24(23)25(26)18-28(30(36)38-7)34(27)29(35)22-14-12-21(13-15-22)19-33(6)31(37)39-32(3,4)5;1-11(2)8-16-15-9-12-6-4-5-7-13(12)14(15)10-17(19-16)18(20)21-3;1-14(2,3)19-13(18)15(4)9-10-5-7-11(8-6-10)12(16)17;/h8-11,20-22,27-28H,12-19H2,1-7H3;4-7,11,16-17,19H,8-10H2,1-3H3;10-11H,5-9H2,1-4H3,(H,16,17);1H4. The van der Waals surface area contributed by atoms with Gasteiger partial charge in [-0.1, -0.05) is 83.7 Å². The number of esters is 2. The van der Waals surface area contributed by atoms with Crippen molar-refractivity contribution < 1.29 is 52.8 Å². The number of nitrogens with zero attached hydrogens (tertiary/aromatic N) is 3. The van der Waals surface area contributed by atoms with Crippen LogP contribution in [0, 0.1) is 35.5 Å². The van der Waals surface area contributed by atoms with Gasteiger partial charge in [-0.3, -0.25) is 19.7 Å². The number of amides is 3. The largest absolute Gasteiger partial charge is 0.481 e. The minimum Gasteiger partial charge on any atom is -0.481 e. The van der Waals surface area contributed by atoms with Crippen molar-refractivity contribution in [1.82, 2.24) is 20.0 Å². The molecule has 0 saturated heterocycles. The molecule has 0 radical (unpaired) electrons. The maximum absolute atomic E-state index is 14.2. The van der Waals surface area contributed by atoms with E-state index in [2.05, 4.69) is 81.5 Å². The molecular formula is C65H98N4O11. The molecule has 15 heteroatoms. The Morgan fingerprint density at radius 1 is 0.625 bits per heavy atom. The average Bonchev–Trinajstić information content (AvgIpc) is 3.98. The second-order valence-corrected chi connectivity index (χ2v) is 25.9. The zero-order chi connectivity index (χ0) is 58.1. The van der Waals surface area contributed by atoms with Gasteiger partial charge in [0, 0.05) is 45.6 Å². The number of methoxy groups -OCH3 is 2. The van der Waals surface area contributed by atoms with Gasteiger partial charge in [0.05, 0.1) is 26.2 Å². The molecule has 0 bridgehead atoms. The van der Waals surface area contributed by atoms with Gasteiger partial charge in [-0.2, -0.15) is 0 Å². The molecular weight excluding hydrogens is 1010 g/mol. The average molecular weight is 1110 g/mol. The Balaban J connectivity index is 0.000000242. The third kappa shape index (κ3) is 17.2. The maximum Gasteiger partial charge on any atom is 0.410 e. The summed E-state index contributed by atoms with van der Waals surface area (Å²) in [6.45, 7) is 21.2. The third-order valence-electron chi connectivity index (χ3n) is 16.4. The molecule has 2 fully saturated rings. The summed E-state index contributed by atoms with van der Waals surface area (Å²) in [6, 6.07) is 16.3. The third-order valence-corrected chi connectivity index (χ3v) is 16.4. The lowest BCUT2D eigenvalue weighted by Crippen LogP contribution is -2.56. The summed E-state index contributed by atoms with van der Waals surface area (Å²) in [5, 5.41) is 12.4. The van der Waals surface area contributed by atoms with Crippen LogP contribution >= 0.6 is 0 Å². The number of fused-ring (bicyclic) bond motifs is 4. The van der Waals surface area contributed by atoms with Crippen molar-refractivity contribution in [2.24, 2.45) is 35.5 Å². The van der Waals surface area contributed by atoms with E-state index in [1.54, 1.807) is 23.9 Å². The number of benzene rings is 2. The Morgan fingerprint density at radius 3 is 1.50 bits per heavy atom. The molecule has 2 heterocycles. The number of rotatable bonds is 12. The van der Waals surface area contributed by atoms with E-state index in [9.17, 15) is 28.8 Å². The number of hydrogen-bond donors (Lipinski definition) is 2. The van der Waals surface area contributed by atoms with Crippen molar-refractivity contribution in [2.45, 2.75) is 202 Å². The molecule has 0 spiro atoms. The van der Waals surface area contributed by atoms with Gasteiger partial charge in [-0.25, -0.2) is 14.4 Å². The molecule has 2 N–H and O–H groups in total. The first-order valence-corrected chi connectivity index (χ1v) is 29.1. The van der Waals surface area contributed by atoms with Gasteiger partial charge in [0.2, 0.25) is 5.91 Å². The number of aliphatic carboxylic acids is 1. The number of nitrogens with one attached hydrogen (secondary N) is 1. The SMILES string of the molecule is C.CN(CC1CCC(C(=O)O)CC1)C(=O)OC(C)(C)C.COC(=O)C1CC2=C(Cc3ccccc32)C(CC(C)C)N1.COC(=O)C1CC2=C(Cc3ccccc32)C(CC(C)C)N1C(=O)C1CCC(CN(C)C(=O)OC(C)(C)C)CC1. The van der Waals surface area contributed by atoms with Gasteiger partial charge in [0.1, 0.15) is 23.3 Å². The molecule has 80 heavy (non-hydrogen) atoms. The van der Waals surface area contributed by atoms with Crippen LogP contribution in [0.15, 0.2) is 59.7 Å². The topological polar surface area (TPSA) is 181 Å². The highest BCUT2D eigenvalue weighted by molar-refractivity contribution is 5.92. The fourth-order valence-electron chi connectivity index (χ4n) is 12.6. The van der Waals surface area contributed by atoms with Gasteiger partial charge < -0.3 is 38.8 Å². The first-order chi connectivity index (χ1) is 37.2. The molecule has 2 saturated carbocycles. The summed E-state index contributed by atoms with van der Waals surface area (Å²) in [7, 11) is 6.40. The molecule has 444 valence electrons. The summed E-state index contributed by atoms with van der Waals surface area (Å²) < 4.78 is 21.0. The summed E-state index contributed by atoms with van der Waals surface area (Å²) in [4.78, 5) is 79.6. The van der Waals surface area contributed by atoms with E-state index < -0.39 is 23.2 Å². The monoisotopic (exact) mass is 1110 g/mol. The van der Waals surface area contributed by atoms with Gasteiger partial charge >= 0.3 is 30.1 Å². The normalized spacial score (nSPS) is 24.0. The van der Waals surface area contributed by atoms with Crippen molar-refractivity contribution in [3.63, 3.8) is 0 Å². The van der Waals surface area contributed by atoms with Gasteiger partial charge in [0.15, 0.2) is 0 Å². The number of carbonyl (C=O) groups is 6. The Kier molecular flexibility index (Phi) is 23.1. The number of hydrogen-bond acceptors (Lipinski definition) is 11. The molecule has 4 atom stereocenters. The van der Waals surface area contributed by atoms with E-state index >= 15 is 0 Å². The first kappa shape index (κ1) is 65.1.